The third-order valence-corrected chi connectivity index (χ3v) is 4.23. The summed E-state index contributed by atoms with van der Waals surface area (Å²) < 4.78 is 0. The van der Waals surface area contributed by atoms with Crippen molar-refractivity contribution in [2.45, 2.75) is 45.6 Å². The quantitative estimate of drug-likeness (QED) is 0.589. The molecule has 0 aliphatic carbocycles. The zero-order chi connectivity index (χ0) is 10.4. The SMILES string of the molecule is CC(C)(C)C12CCCN1CC(C#N)C2. The van der Waals surface area contributed by atoms with Crippen molar-refractivity contribution in [3.8, 4) is 6.07 Å². The van der Waals surface area contributed by atoms with Crippen LogP contribution in [0.3, 0.4) is 0 Å². The van der Waals surface area contributed by atoms with Crippen molar-refractivity contribution in [3.63, 3.8) is 0 Å². The molecule has 14 heavy (non-hydrogen) atoms. The third kappa shape index (κ3) is 1.19. The van der Waals surface area contributed by atoms with Crippen LogP contribution in [0.2, 0.25) is 0 Å². The number of fused-ring (bicyclic) bond motifs is 1. The molecule has 2 aliphatic heterocycles. The molecule has 0 N–H and O–H groups in total. The number of nitriles is 1. The molecule has 0 radical (unpaired) electrons. The molecule has 2 heteroatoms. The fourth-order valence-corrected chi connectivity index (χ4v) is 3.41. The third-order valence-electron chi connectivity index (χ3n) is 4.23. The van der Waals surface area contributed by atoms with Gasteiger partial charge in [0, 0.05) is 12.1 Å². The molecule has 0 aromatic carbocycles. The van der Waals surface area contributed by atoms with Gasteiger partial charge in [-0.15, -0.1) is 0 Å². The molecule has 2 rings (SSSR count). The molecule has 2 saturated heterocycles. The van der Waals surface area contributed by atoms with E-state index in [9.17, 15) is 0 Å². The van der Waals surface area contributed by atoms with Crippen molar-refractivity contribution in [1.29, 1.82) is 5.26 Å². The lowest BCUT2D eigenvalue weighted by atomic mass is 9.70. The summed E-state index contributed by atoms with van der Waals surface area (Å²) in [5, 5.41) is 9.02. The Morgan fingerprint density at radius 3 is 2.64 bits per heavy atom. The van der Waals surface area contributed by atoms with Crippen molar-refractivity contribution in [2.24, 2.45) is 11.3 Å². The Morgan fingerprint density at radius 2 is 2.14 bits per heavy atom. The second kappa shape index (κ2) is 2.97. The first kappa shape index (κ1) is 9.98. The van der Waals surface area contributed by atoms with E-state index in [0.717, 1.165) is 13.0 Å². The van der Waals surface area contributed by atoms with Crippen LogP contribution in [0.5, 0.6) is 0 Å². The molecule has 0 saturated carbocycles. The summed E-state index contributed by atoms with van der Waals surface area (Å²) in [4.78, 5) is 2.57. The summed E-state index contributed by atoms with van der Waals surface area (Å²) in [6.45, 7) is 9.18. The second-order valence-electron chi connectivity index (χ2n) is 5.86. The highest BCUT2D eigenvalue weighted by Gasteiger charge is 2.54. The first-order valence-corrected chi connectivity index (χ1v) is 5.64. The van der Waals surface area contributed by atoms with Gasteiger partial charge >= 0.3 is 0 Å². The van der Waals surface area contributed by atoms with Crippen LogP contribution in [0, 0.1) is 22.7 Å². The second-order valence-corrected chi connectivity index (χ2v) is 5.86. The summed E-state index contributed by atoms with van der Waals surface area (Å²) >= 11 is 0. The highest BCUT2D eigenvalue weighted by molar-refractivity contribution is 5.12. The first-order chi connectivity index (χ1) is 6.49. The van der Waals surface area contributed by atoms with Crippen LogP contribution in [0.4, 0.5) is 0 Å². The van der Waals surface area contributed by atoms with Gasteiger partial charge in [0.2, 0.25) is 0 Å². The average Bonchev–Trinajstić information content (AvgIpc) is 2.56. The van der Waals surface area contributed by atoms with Crippen LogP contribution >= 0.6 is 0 Å². The maximum absolute atomic E-state index is 9.02. The van der Waals surface area contributed by atoms with Crippen LogP contribution in [-0.2, 0) is 0 Å². The van der Waals surface area contributed by atoms with Crippen LogP contribution in [0.15, 0.2) is 0 Å². The van der Waals surface area contributed by atoms with E-state index in [2.05, 4.69) is 31.7 Å². The van der Waals surface area contributed by atoms with E-state index in [-0.39, 0.29) is 5.92 Å². The molecule has 0 bridgehead atoms. The summed E-state index contributed by atoms with van der Waals surface area (Å²) in [6, 6.07) is 2.45. The maximum atomic E-state index is 9.02. The minimum absolute atomic E-state index is 0.273. The molecule has 2 fully saturated rings. The monoisotopic (exact) mass is 192 g/mol. The molecule has 0 aromatic heterocycles. The van der Waals surface area contributed by atoms with Gasteiger partial charge in [-0.1, -0.05) is 20.8 Å². The fraction of sp³-hybridized carbons (Fsp3) is 0.917. The molecule has 2 nitrogen and oxygen atoms in total. The summed E-state index contributed by atoms with van der Waals surface area (Å²) in [5.41, 5.74) is 0.641. The largest absolute Gasteiger partial charge is 0.296 e. The van der Waals surface area contributed by atoms with E-state index in [4.69, 9.17) is 5.26 Å². The van der Waals surface area contributed by atoms with Gasteiger partial charge in [0.15, 0.2) is 0 Å². The molecular formula is C12H20N2. The van der Waals surface area contributed by atoms with Gasteiger partial charge < -0.3 is 0 Å². The van der Waals surface area contributed by atoms with Crippen molar-refractivity contribution >= 4 is 0 Å². The van der Waals surface area contributed by atoms with E-state index < -0.39 is 0 Å². The van der Waals surface area contributed by atoms with Crippen molar-refractivity contribution in [3.05, 3.63) is 0 Å². The minimum atomic E-state index is 0.273. The van der Waals surface area contributed by atoms with Crippen molar-refractivity contribution < 1.29 is 0 Å². The smallest absolute Gasteiger partial charge is 0.0670 e. The molecule has 2 unspecified atom stereocenters. The molecule has 0 amide bonds. The Hall–Kier alpha value is -0.550. The normalized spacial score (nSPS) is 38.3. The molecule has 0 spiro atoms. The Bertz CT molecular complexity index is 271. The van der Waals surface area contributed by atoms with Gasteiger partial charge in [-0.2, -0.15) is 5.26 Å². The summed E-state index contributed by atoms with van der Waals surface area (Å²) in [6.07, 6.45) is 3.69. The fourth-order valence-electron chi connectivity index (χ4n) is 3.41. The lowest BCUT2D eigenvalue weighted by molar-refractivity contribution is 0.0640. The Balaban J connectivity index is 2.29. The Kier molecular flexibility index (Phi) is 2.12. The van der Waals surface area contributed by atoms with E-state index >= 15 is 0 Å². The first-order valence-electron chi connectivity index (χ1n) is 5.64. The van der Waals surface area contributed by atoms with Crippen molar-refractivity contribution in [1.82, 2.24) is 4.90 Å². The van der Waals surface area contributed by atoms with E-state index in [0.29, 0.717) is 11.0 Å². The van der Waals surface area contributed by atoms with E-state index in [1.807, 2.05) is 0 Å². The Labute approximate surface area is 86.9 Å². The van der Waals surface area contributed by atoms with Gasteiger partial charge in [-0.25, -0.2) is 0 Å². The lowest BCUT2D eigenvalue weighted by Crippen LogP contribution is -2.48. The van der Waals surface area contributed by atoms with Gasteiger partial charge in [-0.3, -0.25) is 4.90 Å². The van der Waals surface area contributed by atoms with E-state index in [1.54, 1.807) is 0 Å². The van der Waals surface area contributed by atoms with Crippen LogP contribution in [-0.4, -0.2) is 23.5 Å². The molecule has 2 aliphatic rings. The van der Waals surface area contributed by atoms with Crippen LogP contribution < -0.4 is 0 Å². The van der Waals surface area contributed by atoms with Crippen molar-refractivity contribution in [2.75, 3.05) is 13.1 Å². The predicted molar refractivity (Wildman–Crippen MR) is 56.7 cm³/mol. The maximum Gasteiger partial charge on any atom is 0.0670 e. The van der Waals surface area contributed by atoms with Gasteiger partial charge in [0.05, 0.1) is 12.0 Å². The molecule has 0 aromatic rings. The highest BCUT2D eigenvalue weighted by Crippen LogP contribution is 2.51. The highest BCUT2D eigenvalue weighted by atomic mass is 15.3. The van der Waals surface area contributed by atoms with Gasteiger partial charge in [0.1, 0.15) is 0 Å². The zero-order valence-electron chi connectivity index (χ0n) is 9.51. The van der Waals surface area contributed by atoms with Gasteiger partial charge in [-0.05, 0) is 31.2 Å². The molecule has 78 valence electrons. The number of hydrogen-bond donors (Lipinski definition) is 0. The minimum Gasteiger partial charge on any atom is -0.296 e. The zero-order valence-corrected chi connectivity index (χ0v) is 9.51. The summed E-state index contributed by atoms with van der Waals surface area (Å²) in [5.74, 6) is 0.273. The number of rotatable bonds is 0. The van der Waals surface area contributed by atoms with Crippen LogP contribution in [0.1, 0.15) is 40.0 Å². The number of nitrogens with zero attached hydrogens (tertiary/aromatic N) is 2. The standard InChI is InChI=1S/C12H20N2/c1-11(2,3)12-5-4-6-14(12)9-10(7-12)8-13/h10H,4-7,9H2,1-3H3. The lowest BCUT2D eigenvalue weighted by Gasteiger charge is -2.44. The van der Waals surface area contributed by atoms with E-state index in [1.165, 1.54) is 19.4 Å². The predicted octanol–water partition coefficient (Wildman–Crippen LogP) is 2.41. The average molecular weight is 192 g/mol. The summed E-state index contributed by atoms with van der Waals surface area (Å²) in [7, 11) is 0. The topological polar surface area (TPSA) is 27.0 Å². The van der Waals surface area contributed by atoms with Gasteiger partial charge in [0.25, 0.3) is 0 Å². The Morgan fingerprint density at radius 1 is 1.43 bits per heavy atom. The molecule has 2 atom stereocenters. The molecule has 2 heterocycles. The molecular weight excluding hydrogens is 172 g/mol. The number of hydrogen-bond acceptors (Lipinski definition) is 2. The van der Waals surface area contributed by atoms with Crippen LogP contribution in [0.25, 0.3) is 0 Å².